The van der Waals surface area contributed by atoms with Crippen molar-refractivity contribution in [2.45, 2.75) is 25.8 Å². The number of benzene rings is 1. The maximum Gasteiger partial charge on any atom is 0.134 e. The zero-order valence-electron chi connectivity index (χ0n) is 11.4. The number of furan rings is 1. The molecule has 3 heterocycles. The van der Waals surface area contributed by atoms with Crippen LogP contribution >= 0.6 is 0 Å². The molecular weight excluding hydrogens is 250 g/mol. The third-order valence-corrected chi connectivity index (χ3v) is 4.19. The Balaban J connectivity index is 1.82. The summed E-state index contributed by atoms with van der Waals surface area (Å²) in [5, 5.41) is 12.4. The second-order valence-corrected chi connectivity index (χ2v) is 5.41. The predicted molar refractivity (Wildman–Crippen MR) is 78.5 cm³/mol. The highest BCUT2D eigenvalue weighted by Crippen LogP contribution is 2.34. The first kappa shape index (κ1) is 11.7. The molecule has 0 radical (unpaired) electrons. The maximum atomic E-state index is 5.62. The molecular formula is C16H17N3O. The third-order valence-electron chi connectivity index (χ3n) is 4.19. The van der Waals surface area contributed by atoms with E-state index in [2.05, 4.69) is 28.5 Å². The third kappa shape index (κ3) is 1.68. The summed E-state index contributed by atoms with van der Waals surface area (Å²) in [6, 6.07) is 8.49. The lowest BCUT2D eigenvalue weighted by Crippen LogP contribution is -2.14. The van der Waals surface area contributed by atoms with E-state index >= 15 is 0 Å². The lowest BCUT2D eigenvalue weighted by atomic mass is 10.0. The second kappa shape index (κ2) is 4.49. The summed E-state index contributed by atoms with van der Waals surface area (Å²) in [6.07, 6.45) is 4.21. The maximum absolute atomic E-state index is 5.62. The van der Waals surface area contributed by atoms with E-state index in [0.29, 0.717) is 6.04 Å². The van der Waals surface area contributed by atoms with Gasteiger partial charge in [0, 0.05) is 17.0 Å². The molecule has 1 fully saturated rings. The number of hydrogen-bond donors (Lipinski definition) is 2. The number of hydrogen-bond acceptors (Lipinski definition) is 3. The van der Waals surface area contributed by atoms with E-state index in [1.165, 1.54) is 24.1 Å². The van der Waals surface area contributed by atoms with Crippen LogP contribution < -0.4 is 5.32 Å². The van der Waals surface area contributed by atoms with Gasteiger partial charge in [-0.3, -0.25) is 5.10 Å². The molecule has 4 heteroatoms. The van der Waals surface area contributed by atoms with Crippen molar-refractivity contribution in [3.05, 3.63) is 41.8 Å². The van der Waals surface area contributed by atoms with Crippen LogP contribution in [0.5, 0.6) is 0 Å². The van der Waals surface area contributed by atoms with E-state index < -0.39 is 0 Å². The number of H-pyrrole nitrogens is 1. The molecule has 0 bridgehead atoms. The predicted octanol–water partition coefficient (Wildman–Crippen LogP) is 3.56. The number of nitrogens with one attached hydrogen (secondary N) is 2. The van der Waals surface area contributed by atoms with Crippen LogP contribution in [0.25, 0.3) is 22.2 Å². The van der Waals surface area contributed by atoms with Crippen molar-refractivity contribution in [1.82, 2.24) is 15.5 Å². The van der Waals surface area contributed by atoms with Gasteiger partial charge in [-0.2, -0.15) is 5.10 Å². The van der Waals surface area contributed by atoms with Gasteiger partial charge in [0.1, 0.15) is 11.8 Å². The van der Waals surface area contributed by atoms with Gasteiger partial charge in [0.05, 0.1) is 11.4 Å². The highest BCUT2D eigenvalue weighted by Gasteiger charge is 2.23. The fourth-order valence-corrected chi connectivity index (χ4v) is 3.11. The Morgan fingerprint density at radius 2 is 2.20 bits per heavy atom. The normalized spacial score (nSPS) is 18.9. The Labute approximate surface area is 117 Å². The summed E-state index contributed by atoms with van der Waals surface area (Å²) >= 11 is 0. The first-order valence-electron chi connectivity index (χ1n) is 7.09. The fourth-order valence-electron chi connectivity index (χ4n) is 3.11. The average molecular weight is 267 g/mol. The topological polar surface area (TPSA) is 53.9 Å². The van der Waals surface area contributed by atoms with Crippen LogP contribution in [0.1, 0.15) is 30.1 Å². The standard InChI is InChI=1S/C16H17N3O/c1-10-15(18-19-16(10)13-6-4-8-17-13)12-9-20-14-7-3-2-5-11(12)14/h2-3,5,7,9,13,17H,4,6,8H2,1H3,(H,18,19). The van der Waals surface area contributed by atoms with E-state index in [0.717, 1.165) is 28.8 Å². The van der Waals surface area contributed by atoms with Crippen molar-refractivity contribution >= 4 is 11.0 Å². The van der Waals surface area contributed by atoms with Crippen molar-refractivity contribution in [3.8, 4) is 11.3 Å². The largest absolute Gasteiger partial charge is 0.464 e. The summed E-state index contributed by atoms with van der Waals surface area (Å²) in [5.41, 5.74) is 5.40. The second-order valence-electron chi connectivity index (χ2n) is 5.41. The number of aromatic amines is 1. The van der Waals surface area contributed by atoms with Crippen LogP contribution in [-0.4, -0.2) is 16.7 Å². The SMILES string of the molecule is Cc1c(-c2coc3ccccc23)n[nH]c1C1CCCN1. The first-order chi connectivity index (χ1) is 9.84. The highest BCUT2D eigenvalue weighted by molar-refractivity contribution is 5.93. The summed E-state index contributed by atoms with van der Waals surface area (Å²) < 4.78 is 5.62. The monoisotopic (exact) mass is 267 g/mol. The Kier molecular flexibility index (Phi) is 2.63. The van der Waals surface area contributed by atoms with Gasteiger partial charge in [-0.05, 0) is 37.9 Å². The zero-order valence-corrected chi connectivity index (χ0v) is 11.4. The molecule has 2 N–H and O–H groups in total. The molecule has 4 nitrogen and oxygen atoms in total. The van der Waals surface area contributed by atoms with Crippen LogP contribution in [0, 0.1) is 6.92 Å². The molecule has 1 aromatic carbocycles. The van der Waals surface area contributed by atoms with E-state index in [9.17, 15) is 0 Å². The van der Waals surface area contributed by atoms with Crippen molar-refractivity contribution in [2.24, 2.45) is 0 Å². The molecule has 2 aromatic heterocycles. The minimum absolute atomic E-state index is 0.411. The molecule has 1 saturated heterocycles. The first-order valence-corrected chi connectivity index (χ1v) is 7.09. The molecule has 3 aromatic rings. The Morgan fingerprint density at radius 1 is 1.30 bits per heavy atom. The molecule has 0 amide bonds. The average Bonchev–Trinajstić information content (AvgIpc) is 3.17. The van der Waals surface area contributed by atoms with Gasteiger partial charge in [-0.25, -0.2) is 0 Å². The Morgan fingerprint density at radius 3 is 3.05 bits per heavy atom. The van der Waals surface area contributed by atoms with Crippen LogP contribution in [-0.2, 0) is 0 Å². The molecule has 20 heavy (non-hydrogen) atoms. The summed E-state index contributed by atoms with van der Waals surface area (Å²) in [4.78, 5) is 0. The Hall–Kier alpha value is -2.07. The molecule has 0 saturated carbocycles. The molecule has 1 aliphatic rings. The van der Waals surface area contributed by atoms with Gasteiger partial charge in [0.2, 0.25) is 0 Å². The minimum Gasteiger partial charge on any atom is -0.464 e. The molecule has 102 valence electrons. The zero-order chi connectivity index (χ0) is 13.5. The molecule has 4 rings (SSSR count). The van der Waals surface area contributed by atoms with Crippen molar-refractivity contribution in [2.75, 3.05) is 6.54 Å². The van der Waals surface area contributed by atoms with Crippen molar-refractivity contribution < 1.29 is 4.42 Å². The molecule has 1 aliphatic heterocycles. The number of nitrogens with zero attached hydrogens (tertiary/aromatic N) is 1. The van der Waals surface area contributed by atoms with Crippen LogP contribution in [0.3, 0.4) is 0 Å². The summed E-state index contributed by atoms with van der Waals surface area (Å²) in [6.45, 7) is 3.23. The number of fused-ring (bicyclic) bond motifs is 1. The van der Waals surface area contributed by atoms with Gasteiger partial charge in [-0.15, -0.1) is 0 Å². The molecule has 0 aliphatic carbocycles. The van der Waals surface area contributed by atoms with Crippen molar-refractivity contribution in [1.29, 1.82) is 0 Å². The highest BCUT2D eigenvalue weighted by atomic mass is 16.3. The van der Waals surface area contributed by atoms with Crippen LogP contribution in [0.2, 0.25) is 0 Å². The summed E-state index contributed by atoms with van der Waals surface area (Å²) in [5.74, 6) is 0. The quantitative estimate of drug-likeness (QED) is 0.746. The van der Waals surface area contributed by atoms with Gasteiger partial charge in [0.15, 0.2) is 0 Å². The number of aromatic nitrogens is 2. The van der Waals surface area contributed by atoms with Crippen LogP contribution in [0.15, 0.2) is 34.9 Å². The van der Waals surface area contributed by atoms with E-state index in [-0.39, 0.29) is 0 Å². The molecule has 1 unspecified atom stereocenters. The minimum atomic E-state index is 0.411. The molecule has 0 spiro atoms. The van der Waals surface area contributed by atoms with E-state index in [1.807, 2.05) is 18.2 Å². The number of rotatable bonds is 2. The van der Waals surface area contributed by atoms with Gasteiger partial charge in [-0.1, -0.05) is 18.2 Å². The van der Waals surface area contributed by atoms with Crippen LogP contribution in [0.4, 0.5) is 0 Å². The Bertz CT molecular complexity index is 750. The van der Waals surface area contributed by atoms with Gasteiger partial charge in [0.25, 0.3) is 0 Å². The van der Waals surface area contributed by atoms with Gasteiger partial charge >= 0.3 is 0 Å². The number of para-hydroxylation sites is 1. The lowest BCUT2D eigenvalue weighted by Gasteiger charge is -2.08. The fraction of sp³-hybridized carbons (Fsp3) is 0.312. The van der Waals surface area contributed by atoms with E-state index in [4.69, 9.17) is 4.42 Å². The van der Waals surface area contributed by atoms with E-state index in [1.54, 1.807) is 6.26 Å². The smallest absolute Gasteiger partial charge is 0.134 e. The van der Waals surface area contributed by atoms with Crippen molar-refractivity contribution in [3.63, 3.8) is 0 Å². The van der Waals surface area contributed by atoms with Gasteiger partial charge < -0.3 is 9.73 Å². The summed E-state index contributed by atoms with van der Waals surface area (Å²) in [7, 11) is 0. The lowest BCUT2D eigenvalue weighted by molar-refractivity contribution is 0.616. The molecule has 1 atom stereocenters.